The van der Waals surface area contributed by atoms with Crippen LogP contribution in [0.4, 0.5) is 0 Å². The molecule has 1 aliphatic carbocycles. The number of ether oxygens (including phenoxy) is 2. The van der Waals surface area contributed by atoms with Crippen molar-refractivity contribution in [1.29, 1.82) is 0 Å². The summed E-state index contributed by atoms with van der Waals surface area (Å²) in [6, 6.07) is 4.74. The van der Waals surface area contributed by atoms with Crippen LogP contribution >= 0.6 is 0 Å². The number of aryl methyl sites for hydroxylation is 2. The summed E-state index contributed by atoms with van der Waals surface area (Å²) >= 11 is 0. The lowest BCUT2D eigenvalue weighted by Crippen LogP contribution is -2.60. The SMILES string of the molecule is CCCOC1C(NC)CC1Oc1cc(C)cc(C)c1C. The molecule has 112 valence electrons. The van der Waals surface area contributed by atoms with Gasteiger partial charge in [0.1, 0.15) is 18.0 Å². The van der Waals surface area contributed by atoms with Gasteiger partial charge in [-0.2, -0.15) is 0 Å². The Bertz CT molecular complexity index is 459. The van der Waals surface area contributed by atoms with Crippen LogP contribution in [0.5, 0.6) is 5.75 Å². The average molecular weight is 277 g/mol. The summed E-state index contributed by atoms with van der Waals surface area (Å²) < 4.78 is 12.1. The smallest absolute Gasteiger partial charge is 0.128 e. The highest BCUT2D eigenvalue weighted by atomic mass is 16.5. The zero-order valence-electron chi connectivity index (χ0n) is 13.3. The van der Waals surface area contributed by atoms with E-state index in [0.29, 0.717) is 6.04 Å². The van der Waals surface area contributed by atoms with Gasteiger partial charge >= 0.3 is 0 Å². The first-order chi connectivity index (χ1) is 9.56. The Balaban J connectivity index is 2.06. The highest BCUT2D eigenvalue weighted by Crippen LogP contribution is 2.32. The number of hydrogen-bond donors (Lipinski definition) is 1. The molecule has 3 heteroatoms. The molecule has 0 bridgehead atoms. The van der Waals surface area contributed by atoms with Crippen LogP contribution in [-0.4, -0.2) is 31.9 Å². The second-order valence-electron chi connectivity index (χ2n) is 5.83. The summed E-state index contributed by atoms with van der Waals surface area (Å²) in [5, 5.41) is 3.31. The second-order valence-corrected chi connectivity index (χ2v) is 5.83. The topological polar surface area (TPSA) is 30.5 Å². The van der Waals surface area contributed by atoms with Crippen molar-refractivity contribution in [2.24, 2.45) is 0 Å². The standard InChI is InChI=1S/C17H27NO2/c1-6-7-19-17-14(18-5)10-16(17)20-15-9-11(2)8-12(3)13(15)4/h8-9,14,16-18H,6-7,10H2,1-5H3. The Hall–Kier alpha value is -1.06. The van der Waals surface area contributed by atoms with Crippen LogP contribution in [0.15, 0.2) is 12.1 Å². The van der Waals surface area contributed by atoms with E-state index in [9.17, 15) is 0 Å². The van der Waals surface area contributed by atoms with Crippen molar-refractivity contribution in [3.63, 3.8) is 0 Å². The summed E-state index contributed by atoms with van der Waals surface area (Å²) in [7, 11) is 1.99. The lowest BCUT2D eigenvalue weighted by Gasteiger charge is -2.44. The molecule has 1 saturated carbocycles. The molecule has 0 aliphatic heterocycles. The van der Waals surface area contributed by atoms with Gasteiger partial charge in [0.25, 0.3) is 0 Å². The van der Waals surface area contributed by atoms with Gasteiger partial charge in [0.05, 0.1) is 0 Å². The molecular formula is C17H27NO2. The molecule has 1 aliphatic rings. The van der Waals surface area contributed by atoms with Gasteiger partial charge in [-0.05, 0) is 57.0 Å². The van der Waals surface area contributed by atoms with Gasteiger partial charge in [-0.15, -0.1) is 0 Å². The Morgan fingerprint density at radius 1 is 1.25 bits per heavy atom. The normalized spacial score (nSPS) is 25.4. The molecule has 1 N–H and O–H groups in total. The fourth-order valence-electron chi connectivity index (χ4n) is 2.74. The molecule has 1 aromatic rings. The summed E-state index contributed by atoms with van der Waals surface area (Å²) in [4.78, 5) is 0. The molecule has 1 aromatic carbocycles. The minimum atomic E-state index is 0.166. The van der Waals surface area contributed by atoms with Crippen molar-refractivity contribution in [3.05, 3.63) is 28.8 Å². The zero-order chi connectivity index (χ0) is 14.7. The van der Waals surface area contributed by atoms with Crippen molar-refractivity contribution < 1.29 is 9.47 Å². The van der Waals surface area contributed by atoms with Gasteiger partial charge in [-0.25, -0.2) is 0 Å². The molecular weight excluding hydrogens is 250 g/mol. The van der Waals surface area contributed by atoms with E-state index >= 15 is 0 Å². The molecule has 1 fully saturated rings. The number of hydrogen-bond acceptors (Lipinski definition) is 3. The maximum absolute atomic E-state index is 6.22. The van der Waals surface area contributed by atoms with Crippen LogP contribution in [0.3, 0.4) is 0 Å². The highest BCUT2D eigenvalue weighted by Gasteiger charge is 2.43. The van der Waals surface area contributed by atoms with Crippen molar-refractivity contribution in [3.8, 4) is 5.75 Å². The lowest BCUT2D eigenvalue weighted by atomic mass is 9.85. The van der Waals surface area contributed by atoms with Crippen LogP contribution < -0.4 is 10.1 Å². The molecule has 20 heavy (non-hydrogen) atoms. The van der Waals surface area contributed by atoms with Crippen LogP contribution in [-0.2, 0) is 4.74 Å². The lowest BCUT2D eigenvalue weighted by molar-refractivity contribution is -0.106. The Morgan fingerprint density at radius 2 is 2.00 bits per heavy atom. The van der Waals surface area contributed by atoms with Gasteiger partial charge in [-0.1, -0.05) is 13.0 Å². The quantitative estimate of drug-likeness (QED) is 0.866. The van der Waals surface area contributed by atoms with E-state index in [1.165, 1.54) is 16.7 Å². The van der Waals surface area contributed by atoms with Crippen molar-refractivity contribution in [1.82, 2.24) is 5.32 Å². The molecule has 3 nitrogen and oxygen atoms in total. The van der Waals surface area contributed by atoms with E-state index in [1.54, 1.807) is 0 Å². The van der Waals surface area contributed by atoms with E-state index < -0.39 is 0 Å². The predicted octanol–water partition coefficient (Wildman–Crippen LogP) is 3.15. The Morgan fingerprint density at radius 3 is 2.65 bits per heavy atom. The fraction of sp³-hybridized carbons (Fsp3) is 0.647. The number of likely N-dealkylation sites (N-methyl/N-ethyl adjacent to an activating group) is 1. The Labute approximate surface area is 122 Å². The molecule has 0 saturated heterocycles. The molecule has 3 unspecified atom stereocenters. The van der Waals surface area contributed by atoms with Crippen LogP contribution in [0, 0.1) is 20.8 Å². The van der Waals surface area contributed by atoms with Crippen molar-refractivity contribution in [2.75, 3.05) is 13.7 Å². The highest BCUT2D eigenvalue weighted by molar-refractivity contribution is 5.42. The minimum absolute atomic E-state index is 0.166. The fourth-order valence-corrected chi connectivity index (χ4v) is 2.74. The van der Waals surface area contributed by atoms with Gasteiger partial charge in [0.15, 0.2) is 0 Å². The average Bonchev–Trinajstić information content (AvgIpc) is 2.39. The summed E-state index contributed by atoms with van der Waals surface area (Å²) in [6.07, 6.45) is 2.39. The Kier molecular flexibility index (Phi) is 5.06. The molecule has 0 aromatic heterocycles. The number of rotatable bonds is 6. The van der Waals surface area contributed by atoms with E-state index in [1.807, 2.05) is 7.05 Å². The third-order valence-corrected chi connectivity index (χ3v) is 4.18. The van der Waals surface area contributed by atoms with E-state index in [2.05, 4.69) is 45.1 Å². The monoisotopic (exact) mass is 277 g/mol. The molecule has 0 spiro atoms. The first-order valence-electron chi connectivity index (χ1n) is 7.60. The molecule has 3 atom stereocenters. The van der Waals surface area contributed by atoms with Crippen LogP contribution in [0.1, 0.15) is 36.5 Å². The van der Waals surface area contributed by atoms with Gasteiger partial charge in [0, 0.05) is 19.1 Å². The third kappa shape index (κ3) is 3.15. The molecule has 0 heterocycles. The first-order valence-corrected chi connectivity index (χ1v) is 7.60. The van der Waals surface area contributed by atoms with Crippen molar-refractivity contribution in [2.45, 2.75) is 58.8 Å². The van der Waals surface area contributed by atoms with Gasteiger partial charge in [0.2, 0.25) is 0 Å². The zero-order valence-corrected chi connectivity index (χ0v) is 13.3. The molecule has 2 rings (SSSR count). The minimum Gasteiger partial charge on any atom is -0.487 e. The second kappa shape index (κ2) is 6.59. The maximum Gasteiger partial charge on any atom is 0.128 e. The van der Waals surface area contributed by atoms with Gasteiger partial charge < -0.3 is 14.8 Å². The van der Waals surface area contributed by atoms with E-state index in [-0.39, 0.29) is 12.2 Å². The van der Waals surface area contributed by atoms with E-state index in [0.717, 1.165) is 25.2 Å². The number of nitrogens with one attached hydrogen (secondary N) is 1. The summed E-state index contributed by atoms with van der Waals surface area (Å²) in [6.45, 7) is 9.31. The van der Waals surface area contributed by atoms with Crippen LogP contribution in [0.2, 0.25) is 0 Å². The third-order valence-electron chi connectivity index (χ3n) is 4.18. The van der Waals surface area contributed by atoms with Crippen LogP contribution in [0.25, 0.3) is 0 Å². The predicted molar refractivity (Wildman–Crippen MR) is 82.6 cm³/mol. The largest absolute Gasteiger partial charge is 0.487 e. The summed E-state index contributed by atoms with van der Waals surface area (Å²) in [5.41, 5.74) is 3.77. The van der Waals surface area contributed by atoms with Crippen molar-refractivity contribution >= 4 is 0 Å². The molecule has 0 radical (unpaired) electrons. The number of benzene rings is 1. The van der Waals surface area contributed by atoms with Gasteiger partial charge in [-0.3, -0.25) is 0 Å². The molecule has 0 amide bonds. The maximum atomic E-state index is 6.22. The summed E-state index contributed by atoms with van der Waals surface area (Å²) in [5.74, 6) is 1.01. The van der Waals surface area contributed by atoms with E-state index in [4.69, 9.17) is 9.47 Å². The first kappa shape index (κ1) is 15.3.